The molecule has 26 heteroatoms. The van der Waals surface area contributed by atoms with Crippen LogP contribution in [0.1, 0.15) is 51.8 Å². The summed E-state index contributed by atoms with van der Waals surface area (Å²) < 4.78 is 27.4. The van der Waals surface area contributed by atoms with E-state index < -0.39 is 176 Å². The highest BCUT2D eigenvalue weighted by Gasteiger charge is 2.49. The molecule has 67 heavy (non-hydrogen) atoms. The molecule has 0 amide bonds. The van der Waals surface area contributed by atoms with Gasteiger partial charge in [-0.1, -0.05) is 0 Å². The fraction of sp³-hybridized carbons (Fsp3) is 0.146. The highest BCUT2D eigenvalue weighted by atomic mass is 16.7. The smallest absolute Gasteiger partial charge is 0.338 e. The van der Waals surface area contributed by atoms with Gasteiger partial charge in [-0.05, 0) is 60.7 Å². The predicted molar refractivity (Wildman–Crippen MR) is 212 cm³/mol. The molecule has 4 atom stereocenters. The summed E-state index contributed by atoms with van der Waals surface area (Å²) in [6.45, 7) is -1.69. The van der Waals surface area contributed by atoms with Gasteiger partial charge in [-0.25, -0.2) is 24.0 Å². The molecular formula is C41H34O26. The molecule has 1 saturated heterocycles. The van der Waals surface area contributed by atoms with E-state index in [1.807, 2.05) is 0 Å². The largest absolute Gasteiger partial charge is 0.504 e. The Morgan fingerprint density at radius 3 is 0.985 bits per heavy atom. The number of hydrogen-bond donors (Lipinski definition) is 16. The third-order valence-electron chi connectivity index (χ3n) is 9.19. The zero-order valence-corrected chi connectivity index (χ0v) is 33.2. The first kappa shape index (κ1) is 48.4. The van der Waals surface area contributed by atoms with Gasteiger partial charge in [0.1, 0.15) is 12.7 Å². The van der Waals surface area contributed by atoms with E-state index in [0.717, 1.165) is 24.3 Å². The quantitative estimate of drug-likeness (QED) is 0.0540. The average Bonchev–Trinajstić information content (AvgIpc) is 3.27. The van der Waals surface area contributed by atoms with Gasteiger partial charge < -0.3 is 105 Å². The van der Waals surface area contributed by atoms with Gasteiger partial charge in [0, 0.05) is 0 Å². The number of carboxylic acids is 1. The zero-order chi connectivity index (χ0) is 49.8. The maximum atomic E-state index is 13.4. The fourth-order valence-corrected chi connectivity index (χ4v) is 5.81. The topological polar surface area (TPSA) is 455 Å². The molecule has 0 saturated carbocycles. The number of carboxylic acid groups (broad SMARTS) is 1. The number of phenolic OH excluding ortho intramolecular Hbond substituents is 15. The van der Waals surface area contributed by atoms with Gasteiger partial charge in [-0.2, -0.15) is 0 Å². The minimum absolute atomic E-state index is 0.289. The Morgan fingerprint density at radius 2 is 0.672 bits per heavy atom. The Bertz CT molecular complexity index is 2670. The highest BCUT2D eigenvalue weighted by molar-refractivity contribution is 5.94. The fourth-order valence-electron chi connectivity index (χ4n) is 5.81. The number of carbonyl (C=O) groups is 5. The molecule has 1 fully saturated rings. The monoisotopic (exact) mass is 942 g/mol. The SMILES string of the molecule is O=C(O)c1cc(O)c(O)c(O)c1.O=C(OC[C@@H]1OC[C@@H](OC(=O)c2cc(O)c(O)c(O)c2)[C@@H](OC(=O)c2cc(O)c(O)c(O)c2)[C@@H]1OC(=O)c1cc(O)c(O)c(O)c1)c1cc(O)c(O)c(O)c1. The maximum absolute atomic E-state index is 13.4. The number of rotatable bonds is 10. The van der Waals surface area contributed by atoms with Crippen LogP contribution in [0.2, 0.25) is 0 Å². The first-order valence-electron chi connectivity index (χ1n) is 18.3. The highest BCUT2D eigenvalue weighted by Crippen LogP contribution is 2.40. The summed E-state index contributed by atoms with van der Waals surface area (Å²) in [4.78, 5) is 63.3. The van der Waals surface area contributed by atoms with Crippen LogP contribution in [0.5, 0.6) is 86.2 Å². The van der Waals surface area contributed by atoms with Crippen molar-refractivity contribution in [3.63, 3.8) is 0 Å². The Balaban J connectivity index is 0.000000608. The van der Waals surface area contributed by atoms with Gasteiger partial charge in [-0.15, -0.1) is 0 Å². The van der Waals surface area contributed by atoms with Crippen molar-refractivity contribution in [2.24, 2.45) is 0 Å². The number of aromatic carboxylic acids is 1. The van der Waals surface area contributed by atoms with E-state index in [0.29, 0.717) is 36.4 Å². The Morgan fingerprint density at radius 1 is 0.403 bits per heavy atom. The van der Waals surface area contributed by atoms with Crippen LogP contribution in [0, 0.1) is 0 Å². The first-order chi connectivity index (χ1) is 31.4. The molecule has 1 aliphatic heterocycles. The molecule has 1 heterocycles. The molecule has 0 unspecified atom stereocenters. The molecule has 0 aliphatic carbocycles. The summed E-state index contributed by atoms with van der Waals surface area (Å²) in [5.74, 6) is -20.5. The predicted octanol–water partition coefficient (Wildman–Crippen LogP) is 1.89. The molecule has 6 rings (SSSR count). The summed E-state index contributed by atoms with van der Waals surface area (Å²) in [5.41, 5.74) is -2.64. The van der Waals surface area contributed by atoms with E-state index in [1.165, 1.54) is 0 Å². The lowest BCUT2D eigenvalue weighted by molar-refractivity contribution is -0.197. The van der Waals surface area contributed by atoms with Gasteiger partial charge in [0.15, 0.2) is 105 Å². The van der Waals surface area contributed by atoms with Gasteiger partial charge in [0.25, 0.3) is 0 Å². The summed E-state index contributed by atoms with van der Waals surface area (Å²) in [7, 11) is 0. The van der Waals surface area contributed by atoms with Crippen molar-refractivity contribution in [1.82, 2.24) is 0 Å². The van der Waals surface area contributed by atoms with Gasteiger partial charge in [0.05, 0.1) is 34.4 Å². The number of ether oxygens (including phenoxy) is 5. The van der Waals surface area contributed by atoms with E-state index in [9.17, 15) is 85.3 Å². The standard InChI is InChI=1S/C34H28O21.C7H6O5/c35-15-1-11(2-16(36)25(15)43)31(47)52-9-23-29(54-33(49)13-5-19(39)27(45)20(40)6-13)30(55-34(50)14-7-21(41)28(46)22(42)8-14)24(10-51-23)53-32(48)12-3-17(37)26(44)18(38)4-12;8-4-1-3(7(11)12)2-5(9)6(4)10/h1-8,23-24,29-30,35-46H,9-10H2;1-2,8-10H,(H,11,12)/t23-,24+,29+,30+;/m0./s1. The van der Waals surface area contributed by atoms with Crippen molar-refractivity contribution in [2.75, 3.05) is 13.2 Å². The summed E-state index contributed by atoms with van der Waals surface area (Å²) >= 11 is 0. The molecule has 26 nitrogen and oxygen atoms in total. The zero-order valence-electron chi connectivity index (χ0n) is 33.2. The van der Waals surface area contributed by atoms with Crippen molar-refractivity contribution in [3.8, 4) is 86.2 Å². The molecule has 0 spiro atoms. The number of hydrogen-bond acceptors (Lipinski definition) is 25. The molecule has 0 aromatic heterocycles. The van der Waals surface area contributed by atoms with Crippen molar-refractivity contribution < 1.29 is 129 Å². The lowest BCUT2D eigenvalue weighted by Gasteiger charge is -2.40. The van der Waals surface area contributed by atoms with Crippen LogP contribution in [0.4, 0.5) is 0 Å². The molecule has 16 N–H and O–H groups in total. The van der Waals surface area contributed by atoms with Crippen LogP contribution in [0.15, 0.2) is 60.7 Å². The van der Waals surface area contributed by atoms with E-state index in [-0.39, 0.29) is 5.56 Å². The lowest BCUT2D eigenvalue weighted by atomic mass is 9.99. The van der Waals surface area contributed by atoms with Crippen LogP contribution < -0.4 is 0 Å². The molecule has 1 aliphatic rings. The van der Waals surface area contributed by atoms with Crippen molar-refractivity contribution in [2.45, 2.75) is 24.4 Å². The Kier molecular flexibility index (Phi) is 14.0. The maximum Gasteiger partial charge on any atom is 0.338 e. The minimum atomic E-state index is -2.03. The Hall–Kier alpha value is -9.59. The van der Waals surface area contributed by atoms with Gasteiger partial charge in [-0.3, -0.25) is 0 Å². The van der Waals surface area contributed by atoms with E-state index >= 15 is 0 Å². The molecule has 0 radical (unpaired) electrons. The summed E-state index contributed by atoms with van der Waals surface area (Å²) in [6, 6.07) is 7.14. The van der Waals surface area contributed by atoms with Crippen LogP contribution in [-0.4, -0.2) is 149 Å². The third-order valence-corrected chi connectivity index (χ3v) is 9.19. The van der Waals surface area contributed by atoms with Crippen LogP contribution >= 0.6 is 0 Å². The second-order valence-corrected chi connectivity index (χ2v) is 13.8. The minimum Gasteiger partial charge on any atom is -0.504 e. The number of benzene rings is 5. The Labute approximate surface area is 371 Å². The summed E-state index contributed by atoms with van der Waals surface area (Å²) in [6.07, 6.45) is -7.58. The number of carbonyl (C=O) groups excluding carboxylic acids is 4. The molecular weight excluding hydrogens is 908 g/mol. The van der Waals surface area contributed by atoms with E-state index in [1.54, 1.807) is 0 Å². The number of phenols is 15. The van der Waals surface area contributed by atoms with Gasteiger partial charge in [0.2, 0.25) is 0 Å². The van der Waals surface area contributed by atoms with E-state index in [2.05, 4.69) is 0 Å². The van der Waals surface area contributed by atoms with Crippen LogP contribution in [-0.2, 0) is 23.7 Å². The van der Waals surface area contributed by atoms with Gasteiger partial charge >= 0.3 is 29.8 Å². The summed E-state index contributed by atoms with van der Waals surface area (Å²) in [5, 5.41) is 153. The van der Waals surface area contributed by atoms with Crippen LogP contribution in [0.3, 0.4) is 0 Å². The normalized spacial score (nSPS) is 16.4. The number of esters is 4. The lowest BCUT2D eigenvalue weighted by Crippen LogP contribution is -2.59. The van der Waals surface area contributed by atoms with Crippen LogP contribution in [0.25, 0.3) is 0 Å². The number of aromatic hydroxyl groups is 15. The molecule has 5 aromatic carbocycles. The second kappa shape index (κ2) is 19.4. The first-order valence-corrected chi connectivity index (χ1v) is 18.3. The molecule has 354 valence electrons. The van der Waals surface area contributed by atoms with Crippen molar-refractivity contribution in [3.05, 3.63) is 88.5 Å². The average molecular weight is 943 g/mol. The van der Waals surface area contributed by atoms with E-state index in [4.69, 9.17) is 44.1 Å². The second-order valence-electron chi connectivity index (χ2n) is 13.8. The molecule has 0 bridgehead atoms. The van der Waals surface area contributed by atoms with Crippen molar-refractivity contribution in [1.29, 1.82) is 0 Å². The van der Waals surface area contributed by atoms with Crippen molar-refractivity contribution >= 4 is 29.8 Å². The molecule has 5 aromatic rings. The third kappa shape index (κ3) is 10.8.